The maximum absolute atomic E-state index is 5.55. The maximum Gasteiger partial charge on any atom is 0.0321 e. The third kappa shape index (κ3) is 6.20. The van der Waals surface area contributed by atoms with Crippen LogP contribution in [0.15, 0.2) is 0 Å². The van der Waals surface area contributed by atoms with Crippen LogP contribution in [0.1, 0.15) is 27.7 Å². The Bertz CT molecular complexity index is 113. The molecule has 0 bridgehead atoms. The van der Waals surface area contributed by atoms with Crippen LogP contribution >= 0.6 is 0 Å². The van der Waals surface area contributed by atoms with Crippen molar-refractivity contribution in [2.75, 3.05) is 6.61 Å². The summed E-state index contributed by atoms with van der Waals surface area (Å²) in [6.07, 6.45) is 0.252. The van der Waals surface area contributed by atoms with Crippen LogP contribution in [-0.4, -0.2) is 12.7 Å². The molecule has 0 saturated carbocycles. The first-order valence-corrected chi connectivity index (χ1v) is 4.74. The summed E-state index contributed by atoms with van der Waals surface area (Å²) in [6.45, 7) is 17.1. The van der Waals surface area contributed by atoms with Gasteiger partial charge in [-0.1, -0.05) is 40.2 Å². The number of rotatable bonds is 5. The summed E-state index contributed by atoms with van der Waals surface area (Å²) < 4.78 is 5.55. The molecule has 0 fully saturated rings. The van der Waals surface area contributed by atoms with Crippen LogP contribution in [0.2, 0.25) is 0 Å². The van der Waals surface area contributed by atoms with Crippen LogP contribution in [0.3, 0.4) is 0 Å². The molecule has 2 atom stereocenters. The molecule has 0 saturated heterocycles. The molecule has 0 aliphatic heterocycles. The summed E-state index contributed by atoms with van der Waals surface area (Å²) in [5.74, 6) is 1.47. The van der Waals surface area contributed by atoms with E-state index in [4.69, 9.17) is 4.74 Å². The van der Waals surface area contributed by atoms with Gasteiger partial charge in [-0.25, -0.2) is 0 Å². The van der Waals surface area contributed by atoms with Gasteiger partial charge in [-0.3, -0.25) is 0 Å². The fourth-order valence-corrected chi connectivity index (χ4v) is 1.33. The second-order valence-corrected chi connectivity index (χ2v) is 3.99. The zero-order valence-electron chi connectivity index (χ0n) is 9.42. The Morgan fingerprint density at radius 3 is 1.77 bits per heavy atom. The van der Waals surface area contributed by atoms with Gasteiger partial charge < -0.3 is 18.6 Å². The van der Waals surface area contributed by atoms with Crippen molar-refractivity contribution in [1.82, 2.24) is 0 Å². The van der Waals surface area contributed by atoms with Crippen molar-refractivity contribution in [2.24, 2.45) is 17.8 Å². The van der Waals surface area contributed by atoms with E-state index in [1.54, 1.807) is 0 Å². The minimum absolute atomic E-state index is 0. The van der Waals surface area contributed by atoms with Gasteiger partial charge in [-0.05, 0) is 5.92 Å². The molecular weight excluding hydrogens is 237 g/mol. The van der Waals surface area contributed by atoms with E-state index >= 15 is 0 Å². The number of hydrogen-bond donors (Lipinski definition) is 0. The van der Waals surface area contributed by atoms with Gasteiger partial charge in [0.1, 0.15) is 0 Å². The SMILES string of the molecule is [CH2-]COC(C(C)C)C([CH2-])C(C)C.[Y]. The van der Waals surface area contributed by atoms with E-state index in [2.05, 4.69) is 41.5 Å². The monoisotopic (exact) mass is 259 g/mol. The molecule has 0 rings (SSSR count). The smallest absolute Gasteiger partial charge is 0.0321 e. The Balaban J connectivity index is 0. The molecule has 0 N–H and O–H groups in total. The molecule has 0 heterocycles. The summed E-state index contributed by atoms with van der Waals surface area (Å²) in [7, 11) is 0. The van der Waals surface area contributed by atoms with E-state index in [1.807, 2.05) is 0 Å². The van der Waals surface area contributed by atoms with Crippen LogP contribution in [0.4, 0.5) is 0 Å². The predicted octanol–water partition coefficient (Wildman–Crippen LogP) is 2.97. The molecule has 0 aromatic carbocycles. The summed E-state index contributed by atoms with van der Waals surface area (Å²) in [5, 5.41) is 0. The van der Waals surface area contributed by atoms with Crippen LogP contribution in [-0.2, 0) is 37.4 Å². The molecule has 0 aromatic heterocycles. The molecule has 2 unspecified atom stereocenters. The topological polar surface area (TPSA) is 9.23 Å². The van der Waals surface area contributed by atoms with Gasteiger partial charge >= 0.3 is 0 Å². The largest absolute Gasteiger partial charge is 0.412 e. The van der Waals surface area contributed by atoms with Crippen LogP contribution in [0.25, 0.3) is 0 Å². The molecule has 77 valence electrons. The Morgan fingerprint density at radius 1 is 1.08 bits per heavy atom. The molecular formula is C11H22OY-2. The van der Waals surface area contributed by atoms with E-state index in [1.165, 1.54) is 0 Å². The fourth-order valence-electron chi connectivity index (χ4n) is 1.33. The van der Waals surface area contributed by atoms with Crippen molar-refractivity contribution in [3.05, 3.63) is 13.8 Å². The van der Waals surface area contributed by atoms with E-state index < -0.39 is 0 Å². The average Bonchev–Trinajstić information content (AvgIpc) is 1.98. The first-order valence-electron chi connectivity index (χ1n) is 4.74. The minimum atomic E-state index is 0. The van der Waals surface area contributed by atoms with Gasteiger partial charge in [-0.2, -0.15) is 0 Å². The molecule has 13 heavy (non-hydrogen) atoms. The normalized spacial score (nSPS) is 15.7. The zero-order chi connectivity index (χ0) is 9.72. The maximum atomic E-state index is 5.55. The van der Waals surface area contributed by atoms with Gasteiger partial charge in [-0.15, -0.1) is 5.92 Å². The summed E-state index contributed by atoms with van der Waals surface area (Å²) in [6, 6.07) is 0. The molecule has 0 aliphatic carbocycles. The first kappa shape index (κ1) is 16.5. The van der Waals surface area contributed by atoms with Gasteiger partial charge in [0, 0.05) is 38.8 Å². The number of hydrogen-bond acceptors (Lipinski definition) is 1. The minimum Gasteiger partial charge on any atom is -0.412 e. The van der Waals surface area contributed by atoms with Crippen molar-refractivity contribution in [3.63, 3.8) is 0 Å². The van der Waals surface area contributed by atoms with Gasteiger partial charge in [0.05, 0.1) is 0 Å². The Labute approximate surface area is 109 Å². The third-order valence-electron chi connectivity index (χ3n) is 2.25. The summed E-state index contributed by atoms with van der Waals surface area (Å²) >= 11 is 0. The van der Waals surface area contributed by atoms with Crippen molar-refractivity contribution in [3.8, 4) is 0 Å². The summed E-state index contributed by atoms with van der Waals surface area (Å²) in [4.78, 5) is 0. The molecule has 0 amide bonds. The fraction of sp³-hybridized carbons (Fsp3) is 0.818. The molecule has 1 nitrogen and oxygen atoms in total. The molecule has 0 spiro atoms. The van der Waals surface area contributed by atoms with E-state index in [9.17, 15) is 0 Å². The Morgan fingerprint density at radius 2 is 1.54 bits per heavy atom. The quantitative estimate of drug-likeness (QED) is 0.690. The van der Waals surface area contributed by atoms with Crippen LogP contribution < -0.4 is 0 Å². The Kier molecular flexibility index (Phi) is 10.6. The molecule has 1 radical (unpaired) electrons. The van der Waals surface area contributed by atoms with Gasteiger partial charge in [0.25, 0.3) is 0 Å². The van der Waals surface area contributed by atoms with Gasteiger partial charge in [0.2, 0.25) is 0 Å². The summed E-state index contributed by atoms with van der Waals surface area (Å²) in [5.41, 5.74) is 0. The molecule has 2 heteroatoms. The molecule has 0 aromatic rings. The third-order valence-corrected chi connectivity index (χ3v) is 2.25. The van der Waals surface area contributed by atoms with E-state index in [0.29, 0.717) is 24.4 Å². The van der Waals surface area contributed by atoms with E-state index in [-0.39, 0.29) is 38.8 Å². The van der Waals surface area contributed by atoms with Crippen LogP contribution in [0, 0.1) is 31.6 Å². The molecule has 0 aliphatic rings. The van der Waals surface area contributed by atoms with Crippen molar-refractivity contribution in [2.45, 2.75) is 33.8 Å². The van der Waals surface area contributed by atoms with Crippen molar-refractivity contribution < 1.29 is 37.4 Å². The average molecular weight is 259 g/mol. The second kappa shape index (κ2) is 8.38. The standard InChI is InChI=1S/C11H22O.Y/c1-7-12-11(9(4)5)10(6)8(2)3;/h8-11H,1,6-7H2,2-5H3;/q-2;. The van der Waals surface area contributed by atoms with Gasteiger partial charge in [0.15, 0.2) is 0 Å². The predicted molar refractivity (Wildman–Crippen MR) is 53.6 cm³/mol. The van der Waals surface area contributed by atoms with Crippen molar-refractivity contribution >= 4 is 0 Å². The number of ether oxygens (including phenoxy) is 1. The zero-order valence-corrected chi connectivity index (χ0v) is 12.3. The van der Waals surface area contributed by atoms with Crippen molar-refractivity contribution in [1.29, 1.82) is 0 Å². The second-order valence-electron chi connectivity index (χ2n) is 3.99. The first-order chi connectivity index (χ1) is 5.50. The Hall–Kier alpha value is 1.06. The van der Waals surface area contributed by atoms with Crippen LogP contribution in [0.5, 0.6) is 0 Å². The van der Waals surface area contributed by atoms with E-state index in [0.717, 1.165) is 0 Å².